The van der Waals surface area contributed by atoms with E-state index < -0.39 is 4.92 Å². The molecule has 0 radical (unpaired) electrons. The van der Waals surface area contributed by atoms with Gasteiger partial charge >= 0.3 is 0 Å². The first-order valence-electron chi connectivity index (χ1n) is 11.5. The zero-order chi connectivity index (χ0) is 25.3. The molecule has 3 aromatic carbocycles. The number of nitro groups is 1. The number of ether oxygens (including phenoxy) is 2. The molecule has 7 nitrogen and oxygen atoms in total. The first-order chi connectivity index (χ1) is 17.6. The summed E-state index contributed by atoms with van der Waals surface area (Å²) < 4.78 is 11.1. The summed E-state index contributed by atoms with van der Waals surface area (Å²) in [6, 6.07) is 21.7. The number of rotatable bonds is 11. The smallest absolute Gasteiger partial charge is 0.269 e. The number of non-ortho nitro benzene ring substituents is 1. The van der Waals surface area contributed by atoms with Crippen molar-refractivity contribution in [1.29, 1.82) is 0 Å². The van der Waals surface area contributed by atoms with Gasteiger partial charge in [0.1, 0.15) is 12.4 Å². The van der Waals surface area contributed by atoms with Crippen molar-refractivity contribution in [3.63, 3.8) is 0 Å². The Kier molecular flexibility index (Phi) is 8.65. The molecule has 0 bridgehead atoms. The summed E-state index contributed by atoms with van der Waals surface area (Å²) >= 11 is 3.32. The molecule has 0 spiro atoms. The fraction of sp³-hybridized carbons (Fsp3) is 0.179. The zero-order valence-corrected chi connectivity index (χ0v) is 21.1. The van der Waals surface area contributed by atoms with E-state index in [2.05, 4.69) is 15.9 Å². The van der Waals surface area contributed by atoms with Gasteiger partial charge in [-0.1, -0.05) is 58.4 Å². The van der Waals surface area contributed by atoms with Crippen LogP contribution in [0.5, 0.6) is 5.75 Å². The number of nitro benzene ring substituents is 1. The van der Waals surface area contributed by atoms with Gasteiger partial charge in [-0.3, -0.25) is 14.9 Å². The molecule has 0 saturated heterocycles. The average Bonchev–Trinajstić information content (AvgIpc) is 3.16. The molecule has 0 saturated carbocycles. The molecule has 184 valence electrons. The van der Waals surface area contributed by atoms with Crippen molar-refractivity contribution in [3.8, 4) is 5.75 Å². The molecule has 1 amide bonds. The van der Waals surface area contributed by atoms with Gasteiger partial charge in [0.05, 0.1) is 30.4 Å². The maximum absolute atomic E-state index is 13.3. The molecular formula is C28H25BrN2O5. The molecule has 0 aliphatic carbocycles. The number of allylic oxidation sites excluding steroid dienone is 2. The number of alkyl halides is 1. The lowest BCUT2D eigenvalue weighted by atomic mass is 10.1. The summed E-state index contributed by atoms with van der Waals surface area (Å²) in [4.78, 5) is 25.5. The molecule has 4 rings (SSSR count). The third kappa shape index (κ3) is 6.27. The van der Waals surface area contributed by atoms with Crippen molar-refractivity contribution in [1.82, 2.24) is 0 Å². The number of nitrogens with zero attached hydrogens (tertiary/aromatic N) is 2. The van der Waals surface area contributed by atoms with Gasteiger partial charge in [-0.25, -0.2) is 0 Å². The maximum atomic E-state index is 13.3. The van der Waals surface area contributed by atoms with Gasteiger partial charge in [0.15, 0.2) is 0 Å². The number of hydrogen-bond acceptors (Lipinski definition) is 5. The van der Waals surface area contributed by atoms with Crippen molar-refractivity contribution < 1.29 is 19.2 Å². The normalized spacial score (nSPS) is 14.0. The Balaban J connectivity index is 1.44. The molecule has 0 atom stereocenters. The van der Waals surface area contributed by atoms with Gasteiger partial charge in [-0.05, 0) is 47.5 Å². The molecule has 36 heavy (non-hydrogen) atoms. The van der Waals surface area contributed by atoms with Gasteiger partial charge in [-0.15, -0.1) is 0 Å². The van der Waals surface area contributed by atoms with E-state index in [1.165, 1.54) is 12.1 Å². The van der Waals surface area contributed by atoms with Crippen LogP contribution in [-0.2, 0) is 16.1 Å². The first-order valence-corrected chi connectivity index (χ1v) is 12.6. The van der Waals surface area contributed by atoms with Gasteiger partial charge in [0.25, 0.3) is 11.6 Å². The van der Waals surface area contributed by atoms with Crippen LogP contribution in [-0.4, -0.2) is 36.0 Å². The van der Waals surface area contributed by atoms with E-state index in [4.69, 9.17) is 9.47 Å². The number of anilines is 1. The summed E-state index contributed by atoms with van der Waals surface area (Å²) in [6.07, 6.45) is 5.40. The fourth-order valence-corrected chi connectivity index (χ4v) is 4.07. The van der Waals surface area contributed by atoms with Crippen LogP contribution in [0.4, 0.5) is 11.4 Å². The largest absolute Gasteiger partial charge is 0.491 e. The van der Waals surface area contributed by atoms with Crippen molar-refractivity contribution in [2.45, 2.75) is 6.54 Å². The molecule has 1 aliphatic heterocycles. The Morgan fingerprint density at radius 3 is 2.42 bits per heavy atom. The molecule has 0 unspecified atom stereocenters. The molecule has 1 aliphatic rings. The SMILES string of the molecule is O=C1/C(=C/C=C/c2ccc([N+](=O)[O-])cc2)c2ccccc2N1Cc1ccc(OCCOCCBr)cc1. The summed E-state index contributed by atoms with van der Waals surface area (Å²) in [5.74, 6) is 0.681. The lowest BCUT2D eigenvalue weighted by Gasteiger charge is -2.17. The van der Waals surface area contributed by atoms with Gasteiger partial charge in [0.2, 0.25) is 0 Å². The topological polar surface area (TPSA) is 81.9 Å². The Morgan fingerprint density at radius 1 is 0.944 bits per heavy atom. The van der Waals surface area contributed by atoms with Gasteiger partial charge in [0, 0.05) is 28.6 Å². The molecule has 0 aromatic heterocycles. The van der Waals surface area contributed by atoms with Gasteiger partial charge in [-0.2, -0.15) is 0 Å². The van der Waals surface area contributed by atoms with Crippen LogP contribution in [0.25, 0.3) is 11.6 Å². The minimum atomic E-state index is -0.430. The average molecular weight is 549 g/mol. The van der Waals surface area contributed by atoms with E-state index in [0.29, 0.717) is 31.9 Å². The summed E-state index contributed by atoms with van der Waals surface area (Å²) in [6.45, 7) is 2.09. The second-order valence-corrected chi connectivity index (χ2v) is 8.78. The quantitative estimate of drug-likeness (QED) is 0.0960. The lowest BCUT2D eigenvalue weighted by molar-refractivity contribution is -0.384. The standard InChI is InChI=1S/C28H25BrN2O5/c29-16-17-35-18-19-36-24-14-10-22(11-15-24)20-30-27-7-2-1-5-25(27)26(28(30)32)6-3-4-21-8-12-23(13-9-21)31(33)34/h1-15H,16-20H2/b4-3+,26-6+. The van der Waals surface area contributed by atoms with Crippen LogP contribution in [0.1, 0.15) is 16.7 Å². The maximum Gasteiger partial charge on any atom is 0.269 e. The highest BCUT2D eigenvalue weighted by atomic mass is 79.9. The van der Waals surface area contributed by atoms with E-state index >= 15 is 0 Å². The van der Waals surface area contributed by atoms with E-state index in [1.54, 1.807) is 29.2 Å². The monoisotopic (exact) mass is 548 g/mol. The molecule has 0 fully saturated rings. The first kappa shape index (κ1) is 25.3. The van der Waals surface area contributed by atoms with Crippen LogP contribution in [0.3, 0.4) is 0 Å². The minimum Gasteiger partial charge on any atom is -0.491 e. The zero-order valence-electron chi connectivity index (χ0n) is 19.5. The number of amides is 1. The number of carbonyl (C=O) groups is 1. The second-order valence-electron chi connectivity index (χ2n) is 7.99. The number of para-hydroxylation sites is 1. The highest BCUT2D eigenvalue weighted by Gasteiger charge is 2.31. The van der Waals surface area contributed by atoms with Crippen LogP contribution >= 0.6 is 15.9 Å². The van der Waals surface area contributed by atoms with Crippen LogP contribution in [0.15, 0.2) is 84.9 Å². The highest BCUT2D eigenvalue weighted by molar-refractivity contribution is 9.09. The Labute approximate surface area is 217 Å². The summed E-state index contributed by atoms with van der Waals surface area (Å²) in [5, 5.41) is 11.6. The van der Waals surface area contributed by atoms with Crippen LogP contribution < -0.4 is 9.64 Å². The number of carbonyl (C=O) groups excluding carboxylic acids is 1. The van der Waals surface area contributed by atoms with E-state index in [-0.39, 0.29) is 11.6 Å². The van der Waals surface area contributed by atoms with Crippen LogP contribution in [0.2, 0.25) is 0 Å². The Bertz CT molecular complexity index is 1270. The van der Waals surface area contributed by atoms with Crippen molar-refractivity contribution in [2.75, 3.05) is 30.1 Å². The van der Waals surface area contributed by atoms with Gasteiger partial charge < -0.3 is 14.4 Å². The molecule has 8 heteroatoms. The van der Waals surface area contributed by atoms with Crippen LogP contribution in [0, 0.1) is 10.1 Å². The summed E-state index contributed by atoms with van der Waals surface area (Å²) in [5.41, 5.74) is 4.18. The Morgan fingerprint density at radius 2 is 1.69 bits per heavy atom. The van der Waals surface area contributed by atoms with E-state index in [0.717, 1.165) is 33.5 Å². The highest BCUT2D eigenvalue weighted by Crippen LogP contribution is 2.37. The number of fused-ring (bicyclic) bond motifs is 1. The molecule has 0 N–H and O–H groups in total. The third-order valence-electron chi connectivity index (χ3n) is 5.60. The molecular weight excluding hydrogens is 524 g/mol. The molecule has 3 aromatic rings. The fourth-order valence-electron chi connectivity index (χ4n) is 3.84. The number of halogens is 1. The molecule has 1 heterocycles. The number of hydrogen-bond donors (Lipinski definition) is 0. The summed E-state index contributed by atoms with van der Waals surface area (Å²) in [7, 11) is 0. The predicted octanol–water partition coefficient (Wildman–Crippen LogP) is 6.03. The lowest BCUT2D eigenvalue weighted by Crippen LogP contribution is -2.25. The third-order valence-corrected chi connectivity index (χ3v) is 5.92. The predicted molar refractivity (Wildman–Crippen MR) is 144 cm³/mol. The minimum absolute atomic E-state index is 0.0416. The van der Waals surface area contributed by atoms with Crippen molar-refractivity contribution in [3.05, 3.63) is 112 Å². The van der Waals surface area contributed by atoms with Crippen molar-refractivity contribution in [2.24, 2.45) is 0 Å². The van der Waals surface area contributed by atoms with Crippen molar-refractivity contribution >= 4 is 44.9 Å². The second kappa shape index (κ2) is 12.3. The van der Waals surface area contributed by atoms with E-state index in [9.17, 15) is 14.9 Å². The number of benzene rings is 3. The van der Waals surface area contributed by atoms with E-state index in [1.807, 2.05) is 54.6 Å². The Hall–Kier alpha value is -3.75.